The summed E-state index contributed by atoms with van der Waals surface area (Å²) in [4.78, 5) is 2.57. The Morgan fingerprint density at radius 3 is 2.58 bits per heavy atom. The van der Waals surface area contributed by atoms with E-state index in [0.717, 1.165) is 38.1 Å². The van der Waals surface area contributed by atoms with Crippen molar-refractivity contribution in [1.82, 2.24) is 10.2 Å². The lowest BCUT2D eigenvalue weighted by Crippen LogP contribution is -2.57. The van der Waals surface area contributed by atoms with Gasteiger partial charge in [0.15, 0.2) is 0 Å². The van der Waals surface area contributed by atoms with Crippen LogP contribution < -0.4 is 5.32 Å². The number of nitrogens with zero attached hydrogens (tertiary/aromatic N) is 1. The van der Waals surface area contributed by atoms with E-state index in [9.17, 15) is 0 Å². The number of nitrogens with one attached hydrogen (secondary N) is 1. The van der Waals surface area contributed by atoms with Crippen LogP contribution in [0, 0.1) is 0 Å². The van der Waals surface area contributed by atoms with Crippen molar-refractivity contribution in [2.24, 2.45) is 0 Å². The lowest BCUT2D eigenvalue weighted by Gasteiger charge is -2.42. The van der Waals surface area contributed by atoms with E-state index in [1.54, 1.807) is 0 Å². The molecule has 1 N–H and O–H groups in total. The van der Waals surface area contributed by atoms with E-state index in [2.05, 4.69) is 30.3 Å². The van der Waals surface area contributed by atoms with Crippen LogP contribution in [0.1, 0.15) is 39.5 Å². The van der Waals surface area contributed by atoms with Crippen molar-refractivity contribution in [2.45, 2.75) is 56.4 Å². The Labute approximate surface area is 122 Å². The summed E-state index contributed by atoms with van der Waals surface area (Å²) in [7, 11) is 0. The summed E-state index contributed by atoms with van der Waals surface area (Å²) >= 11 is 2.04. The Morgan fingerprint density at radius 1 is 1.21 bits per heavy atom. The minimum atomic E-state index is 0.240. The van der Waals surface area contributed by atoms with E-state index < -0.39 is 0 Å². The van der Waals surface area contributed by atoms with Gasteiger partial charge in [-0.25, -0.2) is 0 Å². The molecule has 1 aliphatic carbocycles. The minimum Gasteiger partial charge on any atom is -0.379 e. The maximum absolute atomic E-state index is 5.46. The molecule has 0 aromatic heterocycles. The number of hydrogen-bond donors (Lipinski definition) is 1. The third-order valence-electron chi connectivity index (χ3n) is 4.67. The molecular formula is C15H30N2OS. The molecule has 1 heterocycles. The molecule has 19 heavy (non-hydrogen) atoms. The summed E-state index contributed by atoms with van der Waals surface area (Å²) in [5.74, 6) is 0. The molecule has 0 spiro atoms. The van der Waals surface area contributed by atoms with Gasteiger partial charge in [-0.1, -0.05) is 12.8 Å². The highest BCUT2D eigenvalue weighted by atomic mass is 32.2. The van der Waals surface area contributed by atoms with Crippen molar-refractivity contribution in [3.8, 4) is 0 Å². The predicted octanol–water partition coefficient (Wildman–Crippen LogP) is 2.36. The average molecular weight is 286 g/mol. The smallest absolute Gasteiger partial charge is 0.0594 e. The van der Waals surface area contributed by atoms with Crippen LogP contribution in [0.25, 0.3) is 0 Å². The third-order valence-corrected chi connectivity index (χ3v) is 5.84. The second-order valence-corrected chi connectivity index (χ2v) is 7.53. The maximum Gasteiger partial charge on any atom is 0.0594 e. The van der Waals surface area contributed by atoms with Gasteiger partial charge in [-0.05, 0) is 32.9 Å². The highest BCUT2D eigenvalue weighted by Gasteiger charge is 2.31. The van der Waals surface area contributed by atoms with E-state index in [0.29, 0.717) is 6.04 Å². The SMILES string of the molecule is CS[C@H]1CCCC[C@@H]1NCC(C)(C)N1CCOCC1. The van der Waals surface area contributed by atoms with Crippen LogP contribution in [0.3, 0.4) is 0 Å². The molecule has 2 rings (SSSR count). The van der Waals surface area contributed by atoms with Gasteiger partial charge in [0.25, 0.3) is 0 Å². The molecule has 4 heteroatoms. The standard InChI is InChI=1S/C15H30N2OS/c1-15(2,17-8-10-18-11-9-17)12-16-13-6-4-5-7-14(13)19-3/h13-14,16H,4-12H2,1-3H3/t13-,14-/m0/s1. The Hall–Kier alpha value is 0.230. The van der Waals surface area contributed by atoms with Gasteiger partial charge in [0, 0.05) is 36.5 Å². The number of thioether (sulfide) groups is 1. The van der Waals surface area contributed by atoms with E-state index >= 15 is 0 Å². The second-order valence-electron chi connectivity index (χ2n) is 6.46. The zero-order valence-electron chi connectivity index (χ0n) is 12.8. The molecule has 0 bridgehead atoms. The molecule has 1 saturated heterocycles. The first-order valence-electron chi connectivity index (χ1n) is 7.72. The van der Waals surface area contributed by atoms with E-state index in [1.165, 1.54) is 25.7 Å². The summed E-state index contributed by atoms with van der Waals surface area (Å²) in [6, 6.07) is 0.712. The molecule has 3 nitrogen and oxygen atoms in total. The van der Waals surface area contributed by atoms with Crippen LogP contribution in [0.15, 0.2) is 0 Å². The summed E-state index contributed by atoms with van der Waals surface area (Å²) in [6.07, 6.45) is 7.81. The Kier molecular flexibility index (Phi) is 6.00. The number of ether oxygens (including phenoxy) is 1. The molecule has 2 atom stereocenters. The van der Waals surface area contributed by atoms with Crippen LogP contribution in [-0.2, 0) is 4.74 Å². The van der Waals surface area contributed by atoms with Crippen LogP contribution in [0.2, 0.25) is 0 Å². The van der Waals surface area contributed by atoms with Crippen molar-refractivity contribution >= 4 is 11.8 Å². The first kappa shape index (κ1) is 15.6. The van der Waals surface area contributed by atoms with Gasteiger partial charge >= 0.3 is 0 Å². The zero-order chi connectivity index (χ0) is 13.7. The first-order valence-corrected chi connectivity index (χ1v) is 9.01. The van der Waals surface area contributed by atoms with Crippen molar-refractivity contribution in [3.05, 3.63) is 0 Å². The minimum absolute atomic E-state index is 0.240. The Balaban J connectivity index is 1.81. The van der Waals surface area contributed by atoms with E-state index in [1.807, 2.05) is 11.8 Å². The predicted molar refractivity (Wildman–Crippen MR) is 84.0 cm³/mol. The molecule has 0 unspecified atom stereocenters. The number of morpholine rings is 1. The van der Waals surface area contributed by atoms with Gasteiger partial charge in [-0.2, -0.15) is 11.8 Å². The molecule has 1 saturated carbocycles. The average Bonchev–Trinajstić information content (AvgIpc) is 2.46. The summed E-state index contributed by atoms with van der Waals surface area (Å²) in [5.41, 5.74) is 0.240. The summed E-state index contributed by atoms with van der Waals surface area (Å²) in [5, 5.41) is 4.67. The molecule has 112 valence electrons. The van der Waals surface area contributed by atoms with Gasteiger partial charge in [0.1, 0.15) is 0 Å². The van der Waals surface area contributed by atoms with Crippen LogP contribution in [0.4, 0.5) is 0 Å². The van der Waals surface area contributed by atoms with Crippen molar-refractivity contribution in [1.29, 1.82) is 0 Å². The molecular weight excluding hydrogens is 256 g/mol. The highest BCUT2D eigenvalue weighted by Crippen LogP contribution is 2.27. The topological polar surface area (TPSA) is 24.5 Å². The van der Waals surface area contributed by atoms with Crippen LogP contribution >= 0.6 is 11.8 Å². The highest BCUT2D eigenvalue weighted by molar-refractivity contribution is 7.99. The molecule has 0 aromatic rings. The Bertz CT molecular complexity index is 267. The van der Waals surface area contributed by atoms with Gasteiger partial charge in [-0.3, -0.25) is 4.90 Å². The molecule has 0 aromatic carbocycles. The molecule has 0 amide bonds. The fourth-order valence-corrected chi connectivity index (χ4v) is 4.24. The molecule has 2 aliphatic rings. The van der Waals surface area contributed by atoms with Crippen molar-refractivity contribution in [3.63, 3.8) is 0 Å². The van der Waals surface area contributed by atoms with Gasteiger partial charge < -0.3 is 10.1 Å². The van der Waals surface area contributed by atoms with E-state index in [4.69, 9.17) is 4.74 Å². The fraction of sp³-hybridized carbons (Fsp3) is 1.00. The molecule has 2 fully saturated rings. The zero-order valence-corrected chi connectivity index (χ0v) is 13.6. The lowest BCUT2D eigenvalue weighted by atomic mass is 9.93. The van der Waals surface area contributed by atoms with E-state index in [-0.39, 0.29) is 5.54 Å². The monoisotopic (exact) mass is 286 g/mol. The largest absolute Gasteiger partial charge is 0.379 e. The summed E-state index contributed by atoms with van der Waals surface area (Å²) in [6.45, 7) is 9.75. The molecule has 1 aliphatic heterocycles. The Morgan fingerprint density at radius 2 is 1.89 bits per heavy atom. The lowest BCUT2D eigenvalue weighted by molar-refractivity contribution is -0.0106. The third kappa shape index (κ3) is 4.35. The van der Waals surface area contributed by atoms with Gasteiger partial charge in [-0.15, -0.1) is 0 Å². The number of rotatable bonds is 5. The maximum atomic E-state index is 5.46. The van der Waals surface area contributed by atoms with Crippen LogP contribution in [-0.4, -0.2) is 60.8 Å². The summed E-state index contributed by atoms with van der Waals surface area (Å²) < 4.78 is 5.46. The first-order chi connectivity index (χ1) is 9.13. The van der Waals surface area contributed by atoms with Gasteiger partial charge in [0.05, 0.1) is 13.2 Å². The fourth-order valence-electron chi connectivity index (χ4n) is 3.27. The van der Waals surface area contributed by atoms with Crippen molar-refractivity contribution in [2.75, 3.05) is 39.1 Å². The normalized spacial score (nSPS) is 30.5. The second kappa shape index (κ2) is 7.30. The number of hydrogen-bond acceptors (Lipinski definition) is 4. The molecule has 0 radical (unpaired) electrons. The van der Waals surface area contributed by atoms with Crippen molar-refractivity contribution < 1.29 is 4.74 Å². The van der Waals surface area contributed by atoms with Gasteiger partial charge in [0.2, 0.25) is 0 Å². The quantitative estimate of drug-likeness (QED) is 0.838. The van der Waals surface area contributed by atoms with Crippen LogP contribution in [0.5, 0.6) is 0 Å².